The van der Waals surface area contributed by atoms with E-state index in [1.54, 1.807) is 11.0 Å². The normalized spacial score (nSPS) is 14.3. The predicted molar refractivity (Wildman–Crippen MR) is 69.6 cm³/mol. The predicted octanol–water partition coefficient (Wildman–Crippen LogP) is 2.45. The highest BCUT2D eigenvalue weighted by molar-refractivity contribution is 6.06. The second-order valence-corrected chi connectivity index (χ2v) is 4.46. The molecule has 1 aliphatic heterocycles. The van der Waals surface area contributed by atoms with Crippen LogP contribution in [0.3, 0.4) is 0 Å². The average molecular weight is 242 g/mol. The molecule has 1 aromatic heterocycles. The fourth-order valence-electron chi connectivity index (χ4n) is 2.34. The highest BCUT2D eigenvalue weighted by Gasteiger charge is 2.24. The van der Waals surface area contributed by atoms with E-state index in [2.05, 4.69) is 0 Å². The van der Waals surface area contributed by atoms with Gasteiger partial charge < -0.3 is 15.1 Å². The van der Waals surface area contributed by atoms with Crippen molar-refractivity contribution in [3.8, 4) is 0 Å². The van der Waals surface area contributed by atoms with Crippen molar-refractivity contribution in [2.45, 2.75) is 12.8 Å². The summed E-state index contributed by atoms with van der Waals surface area (Å²) in [7, 11) is 0. The minimum Gasteiger partial charge on any atom is -0.472 e. The summed E-state index contributed by atoms with van der Waals surface area (Å²) in [5.74, 6) is -0.0321. The molecule has 2 aromatic rings. The van der Waals surface area contributed by atoms with Crippen LogP contribution in [0, 0.1) is 0 Å². The summed E-state index contributed by atoms with van der Waals surface area (Å²) in [5, 5.41) is 0. The Morgan fingerprint density at radius 2 is 2.22 bits per heavy atom. The van der Waals surface area contributed by atoms with Crippen molar-refractivity contribution >= 4 is 17.3 Å². The Hall–Kier alpha value is -2.23. The van der Waals surface area contributed by atoms with Gasteiger partial charge in [-0.3, -0.25) is 4.79 Å². The van der Waals surface area contributed by atoms with E-state index in [0.717, 1.165) is 25.1 Å². The summed E-state index contributed by atoms with van der Waals surface area (Å²) >= 11 is 0. The Kier molecular flexibility index (Phi) is 2.55. The van der Waals surface area contributed by atoms with Gasteiger partial charge in [-0.1, -0.05) is 6.07 Å². The molecule has 0 aliphatic carbocycles. The number of nitrogen functional groups attached to an aromatic ring is 1. The molecule has 0 saturated carbocycles. The molecule has 0 unspecified atom stereocenters. The standard InChI is InChI=1S/C14H14N2O2/c15-12-4-3-10-2-1-6-16(13(10)8-12)14(17)11-5-7-18-9-11/h3-5,7-9H,1-2,6,15H2. The van der Waals surface area contributed by atoms with Crippen LogP contribution in [0.5, 0.6) is 0 Å². The third-order valence-corrected chi connectivity index (χ3v) is 3.24. The molecule has 0 fully saturated rings. The van der Waals surface area contributed by atoms with Crippen LogP contribution in [0.1, 0.15) is 22.3 Å². The molecule has 0 atom stereocenters. The Morgan fingerprint density at radius 3 is 3.00 bits per heavy atom. The van der Waals surface area contributed by atoms with Gasteiger partial charge >= 0.3 is 0 Å². The molecular formula is C14H14N2O2. The van der Waals surface area contributed by atoms with Crippen molar-refractivity contribution in [2.75, 3.05) is 17.2 Å². The second kappa shape index (κ2) is 4.22. The first kappa shape index (κ1) is 10.9. The lowest BCUT2D eigenvalue weighted by Crippen LogP contribution is -2.35. The van der Waals surface area contributed by atoms with Gasteiger partial charge in [0, 0.05) is 17.9 Å². The maximum atomic E-state index is 12.4. The summed E-state index contributed by atoms with van der Waals surface area (Å²) in [4.78, 5) is 14.1. The lowest BCUT2D eigenvalue weighted by atomic mass is 10.0. The zero-order valence-electron chi connectivity index (χ0n) is 9.93. The first-order valence-corrected chi connectivity index (χ1v) is 5.98. The fourth-order valence-corrected chi connectivity index (χ4v) is 2.34. The quantitative estimate of drug-likeness (QED) is 0.781. The van der Waals surface area contributed by atoms with E-state index in [1.807, 2.05) is 18.2 Å². The minimum absolute atomic E-state index is 0.0321. The topological polar surface area (TPSA) is 59.5 Å². The van der Waals surface area contributed by atoms with Gasteiger partial charge in [-0.2, -0.15) is 0 Å². The molecular weight excluding hydrogens is 228 g/mol. The highest BCUT2D eigenvalue weighted by Crippen LogP contribution is 2.30. The zero-order valence-corrected chi connectivity index (χ0v) is 9.93. The third-order valence-electron chi connectivity index (χ3n) is 3.24. The molecule has 3 rings (SSSR count). The average Bonchev–Trinajstić information content (AvgIpc) is 2.91. The van der Waals surface area contributed by atoms with E-state index in [0.29, 0.717) is 11.3 Å². The zero-order chi connectivity index (χ0) is 12.5. The van der Waals surface area contributed by atoms with E-state index >= 15 is 0 Å². The van der Waals surface area contributed by atoms with Crippen LogP contribution in [-0.4, -0.2) is 12.5 Å². The summed E-state index contributed by atoms with van der Waals surface area (Å²) < 4.78 is 4.97. The highest BCUT2D eigenvalue weighted by atomic mass is 16.3. The Labute approximate surface area is 105 Å². The lowest BCUT2D eigenvalue weighted by Gasteiger charge is -2.29. The van der Waals surface area contributed by atoms with Gasteiger partial charge in [0.15, 0.2) is 0 Å². The van der Waals surface area contributed by atoms with E-state index in [9.17, 15) is 4.79 Å². The Bertz CT molecular complexity index is 575. The first-order valence-electron chi connectivity index (χ1n) is 5.98. The second-order valence-electron chi connectivity index (χ2n) is 4.46. The van der Waals surface area contributed by atoms with Gasteiger partial charge in [0.2, 0.25) is 0 Å². The number of carbonyl (C=O) groups is 1. The summed E-state index contributed by atoms with van der Waals surface area (Å²) in [5.41, 5.74) is 9.16. The van der Waals surface area contributed by atoms with E-state index in [4.69, 9.17) is 10.2 Å². The number of nitrogens with two attached hydrogens (primary N) is 1. The van der Waals surface area contributed by atoms with Gasteiger partial charge in [-0.05, 0) is 36.6 Å². The SMILES string of the molecule is Nc1ccc2c(c1)N(C(=O)c1ccoc1)CCC2. The molecule has 0 spiro atoms. The first-order chi connectivity index (χ1) is 8.75. The smallest absolute Gasteiger partial charge is 0.261 e. The van der Waals surface area contributed by atoms with Crippen molar-refractivity contribution in [2.24, 2.45) is 0 Å². The number of benzene rings is 1. The largest absolute Gasteiger partial charge is 0.472 e. The van der Waals surface area contributed by atoms with Crippen molar-refractivity contribution in [3.63, 3.8) is 0 Å². The number of hydrogen-bond donors (Lipinski definition) is 1. The molecule has 2 heterocycles. The molecule has 1 aliphatic rings. The van der Waals surface area contributed by atoms with Crippen molar-refractivity contribution in [1.29, 1.82) is 0 Å². The van der Waals surface area contributed by atoms with E-state index < -0.39 is 0 Å². The summed E-state index contributed by atoms with van der Waals surface area (Å²) in [6.45, 7) is 0.723. The minimum atomic E-state index is -0.0321. The molecule has 4 heteroatoms. The molecule has 92 valence electrons. The number of amides is 1. The number of anilines is 2. The molecule has 0 saturated heterocycles. The van der Waals surface area contributed by atoms with Crippen LogP contribution in [0.25, 0.3) is 0 Å². The van der Waals surface area contributed by atoms with Crippen LogP contribution in [0.4, 0.5) is 11.4 Å². The number of rotatable bonds is 1. The van der Waals surface area contributed by atoms with Gasteiger partial charge in [0.1, 0.15) is 6.26 Å². The van der Waals surface area contributed by atoms with Gasteiger partial charge in [0.05, 0.1) is 11.8 Å². The molecule has 0 radical (unpaired) electrons. The van der Waals surface area contributed by atoms with Gasteiger partial charge in [0.25, 0.3) is 5.91 Å². The summed E-state index contributed by atoms with van der Waals surface area (Å²) in [6, 6.07) is 7.43. The van der Waals surface area contributed by atoms with Gasteiger partial charge in [-0.15, -0.1) is 0 Å². The molecule has 0 bridgehead atoms. The molecule has 1 aromatic carbocycles. The van der Waals surface area contributed by atoms with Crippen LogP contribution < -0.4 is 10.6 Å². The molecule has 1 amide bonds. The van der Waals surface area contributed by atoms with Crippen molar-refractivity contribution < 1.29 is 9.21 Å². The molecule has 4 nitrogen and oxygen atoms in total. The van der Waals surface area contributed by atoms with Crippen molar-refractivity contribution in [1.82, 2.24) is 0 Å². The maximum Gasteiger partial charge on any atom is 0.261 e. The van der Waals surface area contributed by atoms with Crippen LogP contribution in [0.2, 0.25) is 0 Å². The van der Waals surface area contributed by atoms with Crippen molar-refractivity contribution in [3.05, 3.63) is 47.9 Å². The summed E-state index contributed by atoms with van der Waals surface area (Å²) in [6.07, 6.45) is 4.95. The van der Waals surface area contributed by atoms with Crippen LogP contribution in [0.15, 0.2) is 41.2 Å². The molecule has 18 heavy (non-hydrogen) atoms. The number of aryl methyl sites for hydroxylation is 1. The number of hydrogen-bond acceptors (Lipinski definition) is 3. The number of fused-ring (bicyclic) bond motifs is 1. The number of furan rings is 1. The van der Waals surface area contributed by atoms with Gasteiger partial charge in [-0.25, -0.2) is 0 Å². The lowest BCUT2D eigenvalue weighted by molar-refractivity contribution is 0.0984. The van der Waals surface area contributed by atoms with E-state index in [1.165, 1.54) is 18.1 Å². The monoisotopic (exact) mass is 242 g/mol. The Morgan fingerprint density at radius 1 is 1.33 bits per heavy atom. The fraction of sp³-hybridized carbons (Fsp3) is 0.214. The molecule has 2 N–H and O–H groups in total. The Balaban J connectivity index is 2.01. The third kappa shape index (κ3) is 1.76. The van der Waals surface area contributed by atoms with Crippen LogP contribution in [-0.2, 0) is 6.42 Å². The van der Waals surface area contributed by atoms with Crippen LogP contribution >= 0.6 is 0 Å². The number of carbonyl (C=O) groups excluding carboxylic acids is 1. The van der Waals surface area contributed by atoms with E-state index in [-0.39, 0.29) is 5.91 Å². The number of nitrogens with zero attached hydrogens (tertiary/aromatic N) is 1. The maximum absolute atomic E-state index is 12.4.